The summed E-state index contributed by atoms with van der Waals surface area (Å²) >= 11 is 0. The van der Waals surface area contributed by atoms with Gasteiger partial charge in [0.15, 0.2) is 0 Å². The Morgan fingerprint density at radius 3 is 2.75 bits per heavy atom. The molecule has 1 fully saturated rings. The topological polar surface area (TPSA) is 66.4 Å². The van der Waals surface area contributed by atoms with E-state index in [9.17, 15) is 14.0 Å². The lowest BCUT2D eigenvalue weighted by molar-refractivity contribution is -0.143. The van der Waals surface area contributed by atoms with Crippen LogP contribution in [0.2, 0.25) is 0 Å². The van der Waals surface area contributed by atoms with E-state index < -0.39 is 17.7 Å². The van der Waals surface area contributed by atoms with Crippen LogP contribution in [0, 0.1) is 18.7 Å². The van der Waals surface area contributed by atoms with Crippen molar-refractivity contribution in [2.45, 2.75) is 38.6 Å². The Bertz CT molecular complexity index is 530. The molecule has 0 bridgehead atoms. The zero-order valence-corrected chi connectivity index (χ0v) is 11.4. The van der Waals surface area contributed by atoms with Gasteiger partial charge in [-0.1, -0.05) is 12.5 Å². The predicted molar refractivity (Wildman–Crippen MR) is 72.0 cm³/mol. The number of benzene rings is 1. The lowest BCUT2D eigenvalue weighted by atomic mass is 9.85. The zero-order valence-electron chi connectivity index (χ0n) is 11.4. The van der Waals surface area contributed by atoms with Crippen LogP contribution in [0.15, 0.2) is 18.2 Å². The molecule has 1 aliphatic rings. The first-order valence-electron chi connectivity index (χ1n) is 6.77. The van der Waals surface area contributed by atoms with Crippen LogP contribution in [-0.2, 0) is 4.79 Å². The molecule has 108 valence electrons. The maximum absolute atomic E-state index is 13.4. The van der Waals surface area contributed by atoms with Crippen LogP contribution < -0.4 is 5.32 Å². The molecule has 0 aromatic heterocycles. The molecule has 0 radical (unpaired) electrons. The molecule has 0 saturated heterocycles. The lowest BCUT2D eigenvalue weighted by Gasteiger charge is -2.27. The van der Waals surface area contributed by atoms with Gasteiger partial charge in [0.05, 0.1) is 5.92 Å². The molecule has 1 saturated carbocycles. The van der Waals surface area contributed by atoms with Gasteiger partial charge in [-0.05, 0) is 43.9 Å². The highest BCUT2D eigenvalue weighted by atomic mass is 19.1. The van der Waals surface area contributed by atoms with E-state index in [0.717, 1.165) is 12.8 Å². The molecule has 0 spiro atoms. The summed E-state index contributed by atoms with van der Waals surface area (Å²) in [6.45, 7) is 1.63. The first-order valence-corrected chi connectivity index (χ1v) is 6.77. The van der Waals surface area contributed by atoms with Gasteiger partial charge in [0, 0.05) is 11.6 Å². The van der Waals surface area contributed by atoms with Crippen molar-refractivity contribution in [2.75, 3.05) is 0 Å². The molecular formula is C15H18FNO3. The first kappa shape index (κ1) is 14.5. The third-order valence-corrected chi connectivity index (χ3v) is 3.79. The molecule has 1 aliphatic carbocycles. The summed E-state index contributed by atoms with van der Waals surface area (Å²) in [6, 6.07) is 4.19. The number of halogens is 1. The number of rotatable bonds is 3. The standard InChI is InChI=1S/C15H18FNO3/c1-9-5-6-10(8-13(9)16)14(18)17-12-4-2-3-11(7-12)15(19)20/h5-6,8,11-12H,2-4,7H2,1H3,(H,17,18)(H,19,20). The number of amides is 1. The molecule has 2 atom stereocenters. The van der Waals surface area contributed by atoms with Crippen molar-refractivity contribution < 1.29 is 19.1 Å². The van der Waals surface area contributed by atoms with Gasteiger partial charge < -0.3 is 10.4 Å². The van der Waals surface area contributed by atoms with Crippen molar-refractivity contribution in [1.82, 2.24) is 5.32 Å². The predicted octanol–water partition coefficient (Wildman–Crippen LogP) is 2.51. The molecule has 1 aromatic carbocycles. The van der Waals surface area contributed by atoms with E-state index in [4.69, 9.17) is 5.11 Å². The second kappa shape index (κ2) is 6.03. The normalized spacial score (nSPS) is 22.3. The van der Waals surface area contributed by atoms with Crippen LogP contribution in [0.3, 0.4) is 0 Å². The molecular weight excluding hydrogens is 261 g/mol. The van der Waals surface area contributed by atoms with Gasteiger partial charge >= 0.3 is 5.97 Å². The highest BCUT2D eigenvalue weighted by Crippen LogP contribution is 2.24. The second-order valence-corrected chi connectivity index (χ2v) is 5.34. The van der Waals surface area contributed by atoms with Gasteiger partial charge in [0.25, 0.3) is 5.91 Å². The number of aryl methyl sites for hydroxylation is 1. The Morgan fingerprint density at radius 2 is 2.10 bits per heavy atom. The largest absolute Gasteiger partial charge is 0.481 e. The molecule has 2 unspecified atom stereocenters. The molecule has 0 aliphatic heterocycles. The summed E-state index contributed by atoms with van der Waals surface area (Å²) < 4.78 is 13.4. The second-order valence-electron chi connectivity index (χ2n) is 5.34. The van der Waals surface area contributed by atoms with Gasteiger partial charge in [-0.25, -0.2) is 4.39 Å². The minimum Gasteiger partial charge on any atom is -0.481 e. The molecule has 1 amide bonds. The highest BCUT2D eigenvalue weighted by Gasteiger charge is 2.28. The Kier molecular flexibility index (Phi) is 4.37. The van der Waals surface area contributed by atoms with Crippen molar-refractivity contribution in [3.8, 4) is 0 Å². The summed E-state index contributed by atoms with van der Waals surface area (Å²) in [4.78, 5) is 23.0. The van der Waals surface area contributed by atoms with Gasteiger partial charge in [-0.15, -0.1) is 0 Å². The van der Waals surface area contributed by atoms with E-state index in [-0.39, 0.29) is 17.5 Å². The zero-order chi connectivity index (χ0) is 14.7. The Hall–Kier alpha value is -1.91. The maximum atomic E-state index is 13.4. The molecule has 5 heteroatoms. The van der Waals surface area contributed by atoms with E-state index in [2.05, 4.69) is 5.32 Å². The third-order valence-electron chi connectivity index (χ3n) is 3.79. The fourth-order valence-corrected chi connectivity index (χ4v) is 2.55. The molecule has 2 rings (SSSR count). The number of hydrogen-bond acceptors (Lipinski definition) is 2. The van der Waals surface area contributed by atoms with Gasteiger partial charge in [-0.2, -0.15) is 0 Å². The quantitative estimate of drug-likeness (QED) is 0.893. The van der Waals surface area contributed by atoms with Crippen molar-refractivity contribution in [1.29, 1.82) is 0 Å². The average molecular weight is 279 g/mol. The smallest absolute Gasteiger partial charge is 0.306 e. The molecule has 0 heterocycles. The summed E-state index contributed by atoms with van der Waals surface area (Å²) in [7, 11) is 0. The first-order chi connectivity index (χ1) is 9.47. The van der Waals surface area contributed by atoms with Crippen LogP contribution in [-0.4, -0.2) is 23.0 Å². The van der Waals surface area contributed by atoms with E-state index in [1.165, 1.54) is 6.07 Å². The van der Waals surface area contributed by atoms with Crippen LogP contribution >= 0.6 is 0 Å². The highest BCUT2D eigenvalue weighted by molar-refractivity contribution is 5.94. The minimum atomic E-state index is -0.815. The number of carboxylic acid groups (broad SMARTS) is 1. The molecule has 2 N–H and O–H groups in total. The van der Waals surface area contributed by atoms with Crippen molar-refractivity contribution in [3.05, 3.63) is 35.1 Å². The number of hydrogen-bond donors (Lipinski definition) is 2. The average Bonchev–Trinajstić information content (AvgIpc) is 2.42. The van der Waals surface area contributed by atoms with Crippen molar-refractivity contribution >= 4 is 11.9 Å². The van der Waals surface area contributed by atoms with Crippen LogP contribution in [0.1, 0.15) is 41.6 Å². The van der Waals surface area contributed by atoms with Crippen molar-refractivity contribution in [3.63, 3.8) is 0 Å². The van der Waals surface area contributed by atoms with Crippen LogP contribution in [0.5, 0.6) is 0 Å². The summed E-state index contributed by atoms with van der Waals surface area (Å²) in [5.74, 6) is -1.97. The molecule has 1 aromatic rings. The number of carbonyl (C=O) groups excluding carboxylic acids is 1. The number of carboxylic acids is 1. The Morgan fingerprint density at radius 1 is 1.35 bits per heavy atom. The summed E-state index contributed by atoms with van der Waals surface area (Å²) in [5, 5.41) is 11.8. The SMILES string of the molecule is Cc1ccc(C(=O)NC2CCCC(C(=O)O)C2)cc1F. The number of aliphatic carboxylic acids is 1. The monoisotopic (exact) mass is 279 g/mol. The minimum absolute atomic E-state index is 0.151. The number of carbonyl (C=O) groups is 2. The molecule has 4 nitrogen and oxygen atoms in total. The van der Waals surface area contributed by atoms with E-state index in [1.807, 2.05) is 0 Å². The van der Waals surface area contributed by atoms with Gasteiger partial charge in [-0.3, -0.25) is 9.59 Å². The van der Waals surface area contributed by atoms with Gasteiger partial charge in [0.2, 0.25) is 0 Å². The molecule has 20 heavy (non-hydrogen) atoms. The van der Waals surface area contributed by atoms with Gasteiger partial charge in [0.1, 0.15) is 5.82 Å². The van der Waals surface area contributed by atoms with Crippen molar-refractivity contribution in [2.24, 2.45) is 5.92 Å². The Labute approximate surface area is 117 Å². The fraction of sp³-hybridized carbons (Fsp3) is 0.467. The number of nitrogens with one attached hydrogen (secondary N) is 1. The third kappa shape index (κ3) is 3.35. The maximum Gasteiger partial charge on any atom is 0.306 e. The summed E-state index contributed by atoms with van der Waals surface area (Å²) in [6.07, 6.45) is 2.64. The fourth-order valence-electron chi connectivity index (χ4n) is 2.55. The van der Waals surface area contributed by atoms with E-state index >= 15 is 0 Å². The van der Waals surface area contributed by atoms with E-state index in [0.29, 0.717) is 18.4 Å². The Balaban J connectivity index is 2.00. The van der Waals surface area contributed by atoms with Crippen LogP contribution in [0.4, 0.5) is 4.39 Å². The summed E-state index contributed by atoms with van der Waals surface area (Å²) in [5.41, 5.74) is 0.760. The van der Waals surface area contributed by atoms with E-state index in [1.54, 1.807) is 19.1 Å². The van der Waals surface area contributed by atoms with Crippen LogP contribution in [0.25, 0.3) is 0 Å². The lowest BCUT2D eigenvalue weighted by Crippen LogP contribution is -2.40.